The van der Waals surface area contributed by atoms with Crippen LogP contribution in [0.2, 0.25) is 0 Å². The molecule has 0 aliphatic carbocycles. The fourth-order valence-electron chi connectivity index (χ4n) is 3.85. The third kappa shape index (κ3) is 7.62. The molecule has 7 heteroatoms. The minimum atomic E-state index is -4.61. The average Bonchev–Trinajstić information content (AvgIpc) is 2.81. The fraction of sp³-hybridized carbons (Fsp3) is 0.444. The van der Waals surface area contributed by atoms with E-state index in [1.165, 1.54) is 17.7 Å². The number of halogens is 3. The van der Waals surface area contributed by atoms with Crippen LogP contribution in [0.3, 0.4) is 0 Å². The third-order valence-corrected chi connectivity index (χ3v) is 5.72. The summed E-state index contributed by atoms with van der Waals surface area (Å²) in [6.45, 7) is 3.15. The Morgan fingerprint density at radius 2 is 1.50 bits per heavy atom. The second kappa shape index (κ2) is 12.6. The van der Waals surface area contributed by atoms with Crippen LogP contribution in [0.1, 0.15) is 69.1 Å². The quantitative estimate of drug-likeness (QED) is 0.187. The molecule has 184 valence electrons. The summed E-state index contributed by atoms with van der Waals surface area (Å²) in [5.41, 5.74) is -1.14. The molecular formula is C27H31F3O4. The van der Waals surface area contributed by atoms with E-state index in [4.69, 9.17) is 13.9 Å². The zero-order valence-electron chi connectivity index (χ0n) is 19.4. The Balaban J connectivity index is 1.31. The van der Waals surface area contributed by atoms with Crippen LogP contribution >= 0.6 is 0 Å². The van der Waals surface area contributed by atoms with E-state index < -0.39 is 22.9 Å². The van der Waals surface area contributed by atoms with Crippen molar-refractivity contribution in [3.63, 3.8) is 0 Å². The minimum Gasteiger partial charge on any atom is -0.493 e. The van der Waals surface area contributed by atoms with Crippen LogP contribution in [0.4, 0.5) is 13.2 Å². The molecule has 0 aliphatic heterocycles. The molecule has 1 heterocycles. The van der Waals surface area contributed by atoms with Crippen molar-refractivity contribution in [3.05, 3.63) is 76.1 Å². The van der Waals surface area contributed by atoms with Gasteiger partial charge in [0, 0.05) is 6.61 Å². The van der Waals surface area contributed by atoms with E-state index in [1.54, 1.807) is 0 Å². The van der Waals surface area contributed by atoms with Crippen molar-refractivity contribution in [2.75, 3.05) is 13.2 Å². The Morgan fingerprint density at radius 3 is 2.18 bits per heavy atom. The zero-order chi connectivity index (χ0) is 24.4. The average molecular weight is 477 g/mol. The standard InChI is InChI=1S/C27H31F3O4/c1-20(21-13-8-7-9-14-21)32-17-10-5-3-2-4-6-11-18-33-24-19-25(31)34-26-22(24)15-12-16-23(26)27(28,29)30/h7-9,12-16,19-20H,2-6,10-11,17-18H2,1H3. The SMILES string of the molecule is CC(OCCCCCCCCCOc1cc(=O)oc2c(C(F)(F)F)cccc12)c1ccccc1. The topological polar surface area (TPSA) is 48.7 Å². The van der Waals surface area contributed by atoms with E-state index in [9.17, 15) is 18.0 Å². The first kappa shape index (κ1) is 25.8. The summed E-state index contributed by atoms with van der Waals surface area (Å²) in [5.74, 6) is 0.127. The number of rotatable bonds is 13. The van der Waals surface area contributed by atoms with E-state index in [0.717, 1.165) is 63.7 Å². The Kier molecular flexibility index (Phi) is 9.57. The Labute approximate surface area is 197 Å². The van der Waals surface area contributed by atoms with Crippen LogP contribution in [0.25, 0.3) is 11.0 Å². The summed E-state index contributed by atoms with van der Waals surface area (Å²) >= 11 is 0. The number of ether oxygens (including phenoxy) is 2. The Bertz CT molecular complexity index is 1080. The highest BCUT2D eigenvalue weighted by atomic mass is 19.4. The normalized spacial score (nSPS) is 12.7. The van der Waals surface area contributed by atoms with Gasteiger partial charge in [-0.2, -0.15) is 13.2 Å². The third-order valence-electron chi connectivity index (χ3n) is 5.72. The van der Waals surface area contributed by atoms with Gasteiger partial charge in [-0.05, 0) is 37.5 Å². The highest BCUT2D eigenvalue weighted by Crippen LogP contribution is 2.36. The fourth-order valence-corrected chi connectivity index (χ4v) is 3.85. The Hall–Kier alpha value is -2.80. The monoisotopic (exact) mass is 476 g/mol. The van der Waals surface area contributed by atoms with Gasteiger partial charge in [0.25, 0.3) is 0 Å². The minimum absolute atomic E-state index is 0.106. The molecule has 2 aromatic carbocycles. The number of alkyl halides is 3. The summed E-state index contributed by atoms with van der Waals surface area (Å²) in [4.78, 5) is 11.8. The van der Waals surface area contributed by atoms with Crippen molar-refractivity contribution < 1.29 is 27.1 Å². The molecule has 0 radical (unpaired) electrons. The summed E-state index contributed by atoms with van der Waals surface area (Å²) in [6, 6.07) is 14.9. The lowest BCUT2D eigenvalue weighted by molar-refractivity contribution is -0.136. The number of hydrogen-bond donors (Lipinski definition) is 0. The van der Waals surface area contributed by atoms with Crippen molar-refractivity contribution in [1.82, 2.24) is 0 Å². The van der Waals surface area contributed by atoms with Gasteiger partial charge in [-0.1, -0.05) is 68.5 Å². The lowest BCUT2D eigenvalue weighted by Gasteiger charge is -2.13. The summed E-state index contributed by atoms with van der Waals surface area (Å²) < 4.78 is 56.0. The van der Waals surface area contributed by atoms with Gasteiger partial charge < -0.3 is 13.9 Å². The van der Waals surface area contributed by atoms with Crippen LogP contribution < -0.4 is 10.4 Å². The first-order chi connectivity index (χ1) is 16.4. The highest BCUT2D eigenvalue weighted by molar-refractivity contribution is 5.86. The number of fused-ring (bicyclic) bond motifs is 1. The van der Waals surface area contributed by atoms with Crippen molar-refractivity contribution >= 4 is 11.0 Å². The molecule has 0 saturated heterocycles. The number of para-hydroxylation sites is 1. The van der Waals surface area contributed by atoms with Gasteiger partial charge in [0.1, 0.15) is 5.75 Å². The van der Waals surface area contributed by atoms with Gasteiger partial charge >= 0.3 is 11.8 Å². The largest absolute Gasteiger partial charge is 0.493 e. The molecule has 34 heavy (non-hydrogen) atoms. The molecule has 0 amide bonds. The summed E-state index contributed by atoms with van der Waals surface area (Å²) in [7, 11) is 0. The second-order valence-corrected chi connectivity index (χ2v) is 8.36. The van der Waals surface area contributed by atoms with E-state index in [0.29, 0.717) is 6.61 Å². The molecule has 3 rings (SSSR count). The van der Waals surface area contributed by atoms with Crippen LogP contribution in [-0.4, -0.2) is 13.2 Å². The first-order valence-corrected chi connectivity index (χ1v) is 11.8. The molecule has 1 aromatic heterocycles. The van der Waals surface area contributed by atoms with Gasteiger partial charge in [-0.3, -0.25) is 0 Å². The van der Waals surface area contributed by atoms with Crippen molar-refractivity contribution in [1.29, 1.82) is 0 Å². The highest BCUT2D eigenvalue weighted by Gasteiger charge is 2.34. The lowest BCUT2D eigenvalue weighted by Crippen LogP contribution is -2.09. The maximum atomic E-state index is 13.2. The van der Waals surface area contributed by atoms with Gasteiger partial charge in [-0.25, -0.2) is 4.79 Å². The number of unbranched alkanes of at least 4 members (excludes halogenated alkanes) is 6. The van der Waals surface area contributed by atoms with Crippen molar-refractivity contribution in [2.45, 2.75) is 64.1 Å². The van der Waals surface area contributed by atoms with Crippen LogP contribution in [0, 0.1) is 0 Å². The number of hydrogen-bond acceptors (Lipinski definition) is 4. The number of benzene rings is 2. The molecule has 4 nitrogen and oxygen atoms in total. The van der Waals surface area contributed by atoms with E-state index >= 15 is 0 Å². The molecule has 3 aromatic rings. The molecule has 0 fully saturated rings. The summed E-state index contributed by atoms with van der Waals surface area (Å²) in [6.07, 6.45) is 2.66. The predicted octanol–water partition coefficient (Wildman–Crippen LogP) is 7.70. The Morgan fingerprint density at radius 1 is 0.853 bits per heavy atom. The lowest BCUT2D eigenvalue weighted by atomic mass is 10.1. The van der Waals surface area contributed by atoms with Crippen LogP contribution in [0.15, 0.2) is 63.8 Å². The van der Waals surface area contributed by atoms with Crippen LogP contribution in [0.5, 0.6) is 5.75 Å². The molecule has 0 N–H and O–H groups in total. The molecule has 0 spiro atoms. The second-order valence-electron chi connectivity index (χ2n) is 8.36. The smallest absolute Gasteiger partial charge is 0.420 e. The van der Waals surface area contributed by atoms with Crippen molar-refractivity contribution in [2.24, 2.45) is 0 Å². The maximum absolute atomic E-state index is 13.2. The maximum Gasteiger partial charge on any atom is 0.420 e. The van der Waals surface area contributed by atoms with Crippen LogP contribution in [-0.2, 0) is 10.9 Å². The van der Waals surface area contributed by atoms with Crippen molar-refractivity contribution in [3.8, 4) is 5.75 Å². The van der Waals surface area contributed by atoms with E-state index in [2.05, 4.69) is 19.1 Å². The van der Waals surface area contributed by atoms with Gasteiger partial charge in [0.2, 0.25) is 0 Å². The van der Waals surface area contributed by atoms with Gasteiger partial charge in [0.15, 0.2) is 5.58 Å². The van der Waals surface area contributed by atoms with Gasteiger partial charge in [-0.15, -0.1) is 0 Å². The predicted molar refractivity (Wildman–Crippen MR) is 126 cm³/mol. The van der Waals surface area contributed by atoms with E-state index in [-0.39, 0.29) is 17.2 Å². The molecule has 1 unspecified atom stereocenters. The zero-order valence-corrected chi connectivity index (χ0v) is 19.4. The summed E-state index contributed by atoms with van der Waals surface area (Å²) in [5, 5.41) is 0.151. The molecule has 0 bridgehead atoms. The molecule has 1 atom stereocenters. The van der Waals surface area contributed by atoms with Gasteiger partial charge in [0.05, 0.1) is 29.7 Å². The molecule has 0 saturated carbocycles. The molecule has 0 aliphatic rings. The molecular weight excluding hydrogens is 445 g/mol. The first-order valence-electron chi connectivity index (χ1n) is 11.8. The van der Waals surface area contributed by atoms with E-state index in [1.807, 2.05) is 18.2 Å².